The first-order valence-corrected chi connectivity index (χ1v) is 4.65. The van der Waals surface area contributed by atoms with E-state index in [0.717, 1.165) is 19.3 Å². The normalized spacial score (nSPS) is 26.8. The van der Waals surface area contributed by atoms with E-state index < -0.39 is 6.10 Å². The Hall–Kier alpha value is -1.01. The molecule has 0 aromatic heterocycles. The topological polar surface area (TPSA) is 49.3 Å². The zero-order chi connectivity index (χ0) is 9.68. The van der Waals surface area contributed by atoms with Crippen LogP contribution in [0.4, 0.5) is 0 Å². The van der Waals surface area contributed by atoms with Crippen LogP contribution in [0.2, 0.25) is 0 Å². The van der Waals surface area contributed by atoms with Gasteiger partial charge in [0.05, 0.1) is 12.0 Å². The molecule has 2 N–H and O–H groups in total. The van der Waals surface area contributed by atoms with E-state index in [1.165, 1.54) is 0 Å². The van der Waals surface area contributed by atoms with Gasteiger partial charge in [-0.3, -0.25) is 4.79 Å². The molecule has 0 saturated heterocycles. The van der Waals surface area contributed by atoms with E-state index in [-0.39, 0.29) is 11.8 Å². The molecular weight excluding hydrogens is 166 g/mol. The molecule has 1 aliphatic rings. The minimum Gasteiger partial charge on any atom is -0.392 e. The van der Waals surface area contributed by atoms with Gasteiger partial charge in [0.1, 0.15) is 0 Å². The van der Waals surface area contributed by atoms with Crippen molar-refractivity contribution in [2.24, 2.45) is 5.92 Å². The van der Waals surface area contributed by atoms with Gasteiger partial charge in [-0.2, -0.15) is 0 Å². The molecule has 1 saturated carbocycles. The van der Waals surface area contributed by atoms with E-state index >= 15 is 0 Å². The molecular formula is C10H15NO2. The minimum absolute atomic E-state index is 0.0553. The van der Waals surface area contributed by atoms with Gasteiger partial charge in [0, 0.05) is 13.0 Å². The van der Waals surface area contributed by atoms with Crippen LogP contribution in [0.15, 0.2) is 0 Å². The van der Waals surface area contributed by atoms with Gasteiger partial charge >= 0.3 is 0 Å². The van der Waals surface area contributed by atoms with Crippen molar-refractivity contribution in [3.05, 3.63) is 0 Å². The van der Waals surface area contributed by atoms with Crippen molar-refractivity contribution in [2.75, 3.05) is 6.54 Å². The van der Waals surface area contributed by atoms with E-state index in [1.807, 2.05) is 0 Å². The molecule has 2 unspecified atom stereocenters. The molecule has 0 bridgehead atoms. The number of hydrogen-bond donors (Lipinski definition) is 2. The van der Waals surface area contributed by atoms with Crippen LogP contribution in [-0.2, 0) is 4.79 Å². The fourth-order valence-corrected chi connectivity index (χ4v) is 1.64. The molecule has 1 rings (SSSR count). The summed E-state index contributed by atoms with van der Waals surface area (Å²) in [4.78, 5) is 11.4. The second kappa shape index (κ2) is 4.88. The first-order valence-electron chi connectivity index (χ1n) is 4.65. The number of hydrogen-bond acceptors (Lipinski definition) is 2. The Morgan fingerprint density at radius 2 is 2.38 bits per heavy atom. The van der Waals surface area contributed by atoms with Gasteiger partial charge < -0.3 is 10.4 Å². The third-order valence-corrected chi connectivity index (χ3v) is 2.38. The number of carbonyl (C=O) groups is 1. The summed E-state index contributed by atoms with van der Waals surface area (Å²) in [7, 11) is 0. The molecule has 3 heteroatoms. The third-order valence-electron chi connectivity index (χ3n) is 2.38. The molecule has 0 aromatic rings. The van der Waals surface area contributed by atoms with Gasteiger partial charge in [-0.15, -0.1) is 12.3 Å². The van der Waals surface area contributed by atoms with Crippen molar-refractivity contribution in [1.82, 2.24) is 5.32 Å². The second-order valence-corrected chi connectivity index (χ2v) is 3.35. The number of terminal acetylenes is 1. The lowest BCUT2D eigenvalue weighted by Crippen LogP contribution is -2.35. The van der Waals surface area contributed by atoms with Gasteiger partial charge in [-0.1, -0.05) is 0 Å². The predicted molar refractivity (Wildman–Crippen MR) is 49.8 cm³/mol. The molecule has 13 heavy (non-hydrogen) atoms. The summed E-state index contributed by atoms with van der Waals surface area (Å²) in [6.07, 6.45) is 7.62. The lowest BCUT2D eigenvalue weighted by molar-refractivity contribution is -0.127. The molecule has 3 nitrogen and oxygen atoms in total. The Kier molecular flexibility index (Phi) is 3.78. The molecule has 0 aromatic carbocycles. The van der Waals surface area contributed by atoms with Crippen molar-refractivity contribution < 1.29 is 9.90 Å². The van der Waals surface area contributed by atoms with Crippen molar-refractivity contribution in [3.63, 3.8) is 0 Å². The highest BCUT2D eigenvalue weighted by Gasteiger charge is 2.30. The first kappa shape index (κ1) is 10.1. The zero-order valence-corrected chi connectivity index (χ0v) is 7.62. The average molecular weight is 181 g/mol. The molecule has 0 radical (unpaired) electrons. The van der Waals surface area contributed by atoms with Crippen LogP contribution in [-0.4, -0.2) is 23.7 Å². The van der Waals surface area contributed by atoms with E-state index in [9.17, 15) is 9.90 Å². The van der Waals surface area contributed by atoms with Gasteiger partial charge in [0.25, 0.3) is 0 Å². The van der Waals surface area contributed by atoms with E-state index in [0.29, 0.717) is 13.0 Å². The van der Waals surface area contributed by atoms with Crippen molar-refractivity contribution in [3.8, 4) is 12.3 Å². The van der Waals surface area contributed by atoms with Crippen LogP contribution >= 0.6 is 0 Å². The first-order chi connectivity index (χ1) is 6.25. The average Bonchev–Trinajstić information content (AvgIpc) is 2.52. The number of amides is 1. The molecule has 0 spiro atoms. The van der Waals surface area contributed by atoms with Crippen LogP contribution in [0, 0.1) is 18.3 Å². The lowest BCUT2D eigenvalue weighted by atomic mass is 10.1. The maximum absolute atomic E-state index is 11.4. The number of aliphatic hydroxyl groups excluding tert-OH is 1. The Bertz CT molecular complexity index is 219. The van der Waals surface area contributed by atoms with Gasteiger partial charge in [-0.05, 0) is 19.3 Å². The molecule has 2 atom stereocenters. The Balaban J connectivity index is 2.27. The van der Waals surface area contributed by atoms with Crippen LogP contribution in [0.5, 0.6) is 0 Å². The van der Waals surface area contributed by atoms with E-state index in [2.05, 4.69) is 11.2 Å². The molecule has 0 heterocycles. The lowest BCUT2D eigenvalue weighted by Gasteiger charge is -2.13. The highest BCUT2D eigenvalue weighted by atomic mass is 16.3. The van der Waals surface area contributed by atoms with Crippen LogP contribution in [0.1, 0.15) is 25.7 Å². The Morgan fingerprint density at radius 1 is 1.62 bits per heavy atom. The third kappa shape index (κ3) is 2.74. The summed E-state index contributed by atoms with van der Waals surface area (Å²) in [5.74, 6) is 2.18. The Labute approximate surface area is 78.5 Å². The summed E-state index contributed by atoms with van der Waals surface area (Å²) in [5.41, 5.74) is 0. The predicted octanol–water partition coefficient (Wildman–Crippen LogP) is 0.287. The van der Waals surface area contributed by atoms with E-state index in [4.69, 9.17) is 6.42 Å². The fourth-order valence-electron chi connectivity index (χ4n) is 1.64. The summed E-state index contributed by atoms with van der Waals surface area (Å²) in [6.45, 7) is 0.512. The molecule has 0 aliphatic heterocycles. The van der Waals surface area contributed by atoms with Crippen LogP contribution in [0.25, 0.3) is 0 Å². The van der Waals surface area contributed by atoms with Gasteiger partial charge in [0.2, 0.25) is 5.91 Å². The highest BCUT2D eigenvalue weighted by molar-refractivity contribution is 5.79. The maximum Gasteiger partial charge on any atom is 0.225 e. The monoisotopic (exact) mass is 181 g/mol. The quantitative estimate of drug-likeness (QED) is 0.485. The smallest absolute Gasteiger partial charge is 0.225 e. The zero-order valence-electron chi connectivity index (χ0n) is 7.62. The summed E-state index contributed by atoms with van der Waals surface area (Å²) < 4.78 is 0. The van der Waals surface area contributed by atoms with Gasteiger partial charge in [-0.25, -0.2) is 0 Å². The minimum atomic E-state index is -0.453. The van der Waals surface area contributed by atoms with Crippen molar-refractivity contribution in [1.29, 1.82) is 0 Å². The molecule has 1 aliphatic carbocycles. The standard InChI is InChI=1S/C10H15NO2/c1-2-3-7-11-10(13)8-5-4-6-9(8)12/h1,8-9,12H,3-7H2,(H,11,13). The van der Waals surface area contributed by atoms with Gasteiger partial charge in [0.15, 0.2) is 0 Å². The summed E-state index contributed by atoms with van der Waals surface area (Å²) in [6, 6.07) is 0. The summed E-state index contributed by atoms with van der Waals surface area (Å²) >= 11 is 0. The van der Waals surface area contributed by atoms with Crippen molar-refractivity contribution >= 4 is 5.91 Å². The number of rotatable bonds is 3. The SMILES string of the molecule is C#CCCNC(=O)C1CCCC1O. The summed E-state index contributed by atoms with van der Waals surface area (Å²) in [5, 5.41) is 12.1. The van der Waals surface area contributed by atoms with Crippen LogP contribution < -0.4 is 5.32 Å². The highest BCUT2D eigenvalue weighted by Crippen LogP contribution is 2.25. The largest absolute Gasteiger partial charge is 0.392 e. The molecule has 1 amide bonds. The molecule has 72 valence electrons. The number of nitrogens with one attached hydrogen (secondary N) is 1. The fraction of sp³-hybridized carbons (Fsp3) is 0.700. The van der Waals surface area contributed by atoms with Crippen LogP contribution in [0.3, 0.4) is 0 Å². The van der Waals surface area contributed by atoms with Crippen molar-refractivity contribution in [2.45, 2.75) is 31.8 Å². The number of carbonyl (C=O) groups excluding carboxylic acids is 1. The second-order valence-electron chi connectivity index (χ2n) is 3.35. The molecule has 1 fully saturated rings. The Morgan fingerprint density at radius 3 is 2.92 bits per heavy atom. The number of aliphatic hydroxyl groups is 1. The van der Waals surface area contributed by atoms with E-state index in [1.54, 1.807) is 0 Å². The maximum atomic E-state index is 11.4.